The van der Waals surface area contributed by atoms with Crippen LogP contribution in [0.4, 0.5) is 4.39 Å². The van der Waals surface area contributed by atoms with Crippen molar-refractivity contribution in [1.29, 1.82) is 0 Å². The van der Waals surface area contributed by atoms with Crippen LogP contribution in [0.25, 0.3) is 10.8 Å². The van der Waals surface area contributed by atoms with Crippen molar-refractivity contribution >= 4 is 28.0 Å². The number of carbonyl (C=O) groups is 1. The molecule has 2 nitrogen and oxygen atoms in total. The van der Waals surface area contributed by atoms with Gasteiger partial charge in [-0.05, 0) is 46.8 Å². The van der Waals surface area contributed by atoms with Crippen molar-refractivity contribution in [2.45, 2.75) is 13.0 Å². The van der Waals surface area contributed by atoms with Gasteiger partial charge in [0, 0.05) is 10.9 Å². The molecule has 0 aliphatic carbocycles. The number of thiophene rings is 1. The Balaban J connectivity index is 1.93. The van der Waals surface area contributed by atoms with Crippen LogP contribution in [0, 0.1) is 5.82 Å². The second-order valence-corrected chi connectivity index (χ2v) is 5.67. The molecule has 0 saturated carbocycles. The van der Waals surface area contributed by atoms with E-state index in [1.807, 2.05) is 23.8 Å². The van der Waals surface area contributed by atoms with Gasteiger partial charge in [0.2, 0.25) is 0 Å². The molecule has 1 N–H and O–H groups in total. The van der Waals surface area contributed by atoms with Crippen molar-refractivity contribution in [3.8, 4) is 0 Å². The number of nitrogens with one attached hydrogen (secondary N) is 1. The highest BCUT2D eigenvalue weighted by atomic mass is 32.1. The molecule has 3 rings (SSSR count). The lowest BCUT2D eigenvalue weighted by molar-refractivity contribution is 0.0941. The lowest BCUT2D eigenvalue weighted by Gasteiger charge is -2.14. The molecular weight excluding hydrogens is 285 g/mol. The van der Waals surface area contributed by atoms with Gasteiger partial charge in [0.05, 0.1) is 6.04 Å². The number of amides is 1. The number of halogens is 1. The van der Waals surface area contributed by atoms with Gasteiger partial charge in [-0.2, -0.15) is 11.3 Å². The molecule has 0 bridgehead atoms. The van der Waals surface area contributed by atoms with Gasteiger partial charge >= 0.3 is 0 Å². The zero-order valence-electron chi connectivity index (χ0n) is 11.5. The van der Waals surface area contributed by atoms with E-state index < -0.39 is 0 Å². The minimum absolute atomic E-state index is 0.0763. The lowest BCUT2D eigenvalue weighted by Crippen LogP contribution is -2.26. The molecule has 0 aliphatic heterocycles. The molecule has 1 heterocycles. The van der Waals surface area contributed by atoms with E-state index in [-0.39, 0.29) is 17.8 Å². The Morgan fingerprint density at radius 3 is 2.62 bits per heavy atom. The molecule has 2 aromatic carbocycles. The van der Waals surface area contributed by atoms with Crippen LogP contribution >= 0.6 is 11.3 Å². The van der Waals surface area contributed by atoms with Crippen LogP contribution in [0.1, 0.15) is 28.9 Å². The first-order chi connectivity index (χ1) is 10.2. The van der Waals surface area contributed by atoms with Gasteiger partial charge in [-0.15, -0.1) is 0 Å². The SMILES string of the molecule is CC(NC(=O)c1ccc(F)c2ccccc12)c1ccsc1. The van der Waals surface area contributed by atoms with Crippen molar-refractivity contribution in [3.63, 3.8) is 0 Å². The van der Waals surface area contributed by atoms with Gasteiger partial charge < -0.3 is 5.32 Å². The number of carbonyl (C=O) groups excluding carboxylic acids is 1. The summed E-state index contributed by atoms with van der Waals surface area (Å²) < 4.78 is 13.8. The van der Waals surface area contributed by atoms with Crippen molar-refractivity contribution in [2.75, 3.05) is 0 Å². The van der Waals surface area contributed by atoms with E-state index in [0.717, 1.165) is 5.56 Å². The van der Waals surface area contributed by atoms with E-state index in [1.54, 1.807) is 35.6 Å². The van der Waals surface area contributed by atoms with Crippen LogP contribution in [0.5, 0.6) is 0 Å². The third-order valence-electron chi connectivity index (χ3n) is 3.51. The maximum absolute atomic E-state index is 13.8. The normalized spacial score (nSPS) is 12.3. The molecule has 0 radical (unpaired) electrons. The summed E-state index contributed by atoms with van der Waals surface area (Å²) in [6.45, 7) is 1.94. The Bertz CT molecular complexity index is 783. The Hall–Kier alpha value is -2.20. The van der Waals surface area contributed by atoms with E-state index in [1.165, 1.54) is 12.1 Å². The molecule has 21 heavy (non-hydrogen) atoms. The molecule has 0 saturated heterocycles. The Kier molecular flexibility index (Phi) is 3.71. The number of rotatable bonds is 3. The van der Waals surface area contributed by atoms with E-state index in [4.69, 9.17) is 0 Å². The minimum atomic E-state index is -0.312. The number of fused-ring (bicyclic) bond motifs is 1. The van der Waals surface area contributed by atoms with Crippen LogP contribution < -0.4 is 5.32 Å². The minimum Gasteiger partial charge on any atom is -0.345 e. The summed E-state index contributed by atoms with van der Waals surface area (Å²) in [5.41, 5.74) is 1.56. The van der Waals surface area contributed by atoms with Gasteiger partial charge in [0.15, 0.2) is 0 Å². The average Bonchev–Trinajstić information content (AvgIpc) is 3.02. The smallest absolute Gasteiger partial charge is 0.252 e. The fraction of sp³-hybridized carbons (Fsp3) is 0.118. The number of hydrogen-bond donors (Lipinski definition) is 1. The zero-order chi connectivity index (χ0) is 14.8. The van der Waals surface area contributed by atoms with Crippen LogP contribution in [0.15, 0.2) is 53.2 Å². The number of benzene rings is 2. The largest absolute Gasteiger partial charge is 0.345 e. The molecule has 0 aliphatic rings. The summed E-state index contributed by atoms with van der Waals surface area (Å²) >= 11 is 1.59. The summed E-state index contributed by atoms with van der Waals surface area (Å²) in [7, 11) is 0. The maximum Gasteiger partial charge on any atom is 0.252 e. The van der Waals surface area contributed by atoms with E-state index >= 15 is 0 Å². The summed E-state index contributed by atoms with van der Waals surface area (Å²) in [4.78, 5) is 12.4. The first kappa shape index (κ1) is 13.8. The van der Waals surface area contributed by atoms with Crippen LogP contribution in [0.3, 0.4) is 0 Å². The number of hydrogen-bond acceptors (Lipinski definition) is 2. The fourth-order valence-electron chi connectivity index (χ4n) is 2.34. The van der Waals surface area contributed by atoms with Crippen molar-refractivity contribution in [1.82, 2.24) is 5.32 Å². The maximum atomic E-state index is 13.8. The fourth-order valence-corrected chi connectivity index (χ4v) is 3.09. The third-order valence-corrected chi connectivity index (χ3v) is 4.21. The van der Waals surface area contributed by atoms with E-state index in [2.05, 4.69) is 5.32 Å². The standard InChI is InChI=1S/C17H14FNOS/c1-11(12-8-9-21-10-12)19-17(20)15-6-7-16(18)14-5-3-2-4-13(14)15/h2-11H,1H3,(H,19,20). The molecule has 1 aromatic heterocycles. The second kappa shape index (κ2) is 5.66. The van der Waals surface area contributed by atoms with Gasteiger partial charge in [0.25, 0.3) is 5.91 Å². The molecular formula is C17H14FNOS. The Labute approximate surface area is 126 Å². The van der Waals surface area contributed by atoms with Crippen LogP contribution in [0.2, 0.25) is 0 Å². The van der Waals surface area contributed by atoms with Crippen LogP contribution in [-0.4, -0.2) is 5.91 Å². The Morgan fingerprint density at radius 1 is 1.14 bits per heavy atom. The molecule has 1 atom stereocenters. The molecule has 1 unspecified atom stereocenters. The first-order valence-corrected chi connectivity index (χ1v) is 7.61. The molecule has 3 aromatic rings. The molecule has 1 amide bonds. The van der Waals surface area contributed by atoms with Gasteiger partial charge in [-0.3, -0.25) is 4.79 Å². The lowest BCUT2D eigenvalue weighted by atomic mass is 10.0. The molecule has 0 spiro atoms. The van der Waals surface area contributed by atoms with E-state index in [9.17, 15) is 9.18 Å². The highest BCUT2D eigenvalue weighted by Crippen LogP contribution is 2.23. The monoisotopic (exact) mass is 299 g/mol. The van der Waals surface area contributed by atoms with Crippen molar-refractivity contribution in [3.05, 3.63) is 70.2 Å². The third kappa shape index (κ3) is 2.67. The highest BCUT2D eigenvalue weighted by Gasteiger charge is 2.15. The summed E-state index contributed by atoms with van der Waals surface area (Å²) in [5, 5.41) is 8.04. The first-order valence-electron chi connectivity index (χ1n) is 6.67. The molecule has 4 heteroatoms. The van der Waals surface area contributed by atoms with Gasteiger partial charge in [-0.1, -0.05) is 24.3 Å². The molecule has 0 fully saturated rings. The topological polar surface area (TPSA) is 29.1 Å². The quantitative estimate of drug-likeness (QED) is 0.756. The van der Waals surface area contributed by atoms with Crippen LogP contribution in [-0.2, 0) is 0 Å². The summed E-state index contributed by atoms with van der Waals surface area (Å²) in [6.07, 6.45) is 0. The zero-order valence-corrected chi connectivity index (χ0v) is 12.3. The van der Waals surface area contributed by atoms with Crippen molar-refractivity contribution in [2.24, 2.45) is 0 Å². The van der Waals surface area contributed by atoms with Gasteiger partial charge in [0.1, 0.15) is 5.82 Å². The Morgan fingerprint density at radius 2 is 1.90 bits per heavy atom. The summed E-state index contributed by atoms with van der Waals surface area (Å²) in [5.74, 6) is -0.502. The summed E-state index contributed by atoms with van der Waals surface area (Å²) in [6, 6.07) is 11.8. The second-order valence-electron chi connectivity index (χ2n) is 4.89. The predicted molar refractivity (Wildman–Crippen MR) is 84.1 cm³/mol. The highest BCUT2D eigenvalue weighted by molar-refractivity contribution is 7.07. The van der Waals surface area contributed by atoms with Crippen molar-refractivity contribution < 1.29 is 9.18 Å². The molecule has 106 valence electrons. The average molecular weight is 299 g/mol. The predicted octanol–water partition coefficient (Wildman–Crippen LogP) is 4.53. The van der Waals surface area contributed by atoms with E-state index in [0.29, 0.717) is 16.3 Å². The van der Waals surface area contributed by atoms with Gasteiger partial charge in [-0.25, -0.2) is 4.39 Å².